The molecule has 1 rings (SSSR count). The van der Waals surface area contributed by atoms with Crippen molar-refractivity contribution in [1.29, 1.82) is 0 Å². The van der Waals surface area contributed by atoms with E-state index in [0.29, 0.717) is 10.0 Å². The normalized spacial score (nSPS) is 9.94. The third-order valence-corrected chi connectivity index (χ3v) is 3.09. The maximum absolute atomic E-state index is 12.0. The molecule has 1 aromatic carbocycles. The molecular weight excluding hydrogens is 302 g/mol. The minimum absolute atomic E-state index is 0.00205. The summed E-state index contributed by atoms with van der Waals surface area (Å²) in [5, 5.41) is 9.50. The SMILES string of the molecule is COC(=O)CCN(C)C(=O)c1ccc(Br)c(O)c1. The number of nitrogens with zero attached hydrogens (tertiary/aromatic N) is 1. The van der Waals surface area contributed by atoms with E-state index in [0.717, 1.165) is 0 Å². The molecule has 1 N–H and O–H groups in total. The molecule has 1 amide bonds. The van der Waals surface area contributed by atoms with Crippen LogP contribution >= 0.6 is 15.9 Å². The Bertz CT molecular complexity index is 461. The topological polar surface area (TPSA) is 66.8 Å². The van der Waals surface area contributed by atoms with Crippen LogP contribution in [0.1, 0.15) is 16.8 Å². The smallest absolute Gasteiger partial charge is 0.307 e. The summed E-state index contributed by atoms with van der Waals surface area (Å²) in [4.78, 5) is 24.3. The molecule has 0 unspecified atom stereocenters. The standard InChI is InChI=1S/C12H14BrNO4/c1-14(6-5-11(16)18-2)12(17)8-3-4-9(13)10(15)7-8/h3-4,7,15H,5-6H2,1-2H3. The summed E-state index contributed by atoms with van der Waals surface area (Å²) in [6.45, 7) is 0.266. The van der Waals surface area contributed by atoms with Gasteiger partial charge < -0.3 is 14.7 Å². The second-order valence-corrected chi connectivity index (χ2v) is 4.57. The third kappa shape index (κ3) is 3.73. The van der Waals surface area contributed by atoms with Crippen molar-refractivity contribution >= 4 is 27.8 Å². The first kappa shape index (κ1) is 14.5. The van der Waals surface area contributed by atoms with Crippen LogP contribution in [0.15, 0.2) is 22.7 Å². The van der Waals surface area contributed by atoms with Gasteiger partial charge in [0.25, 0.3) is 5.91 Å². The Kier molecular flexibility index (Phi) is 5.15. The first-order valence-electron chi connectivity index (χ1n) is 5.26. The fourth-order valence-corrected chi connectivity index (χ4v) is 1.58. The molecule has 0 aliphatic carbocycles. The first-order valence-corrected chi connectivity index (χ1v) is 6.05. The molecule has 0 aromatic heterocycles. The van der Waals surface area contributed by atoms with Crippen molar-refractivity contribution in [2.24, 2.45) is 0 Å². The largest absolute Gasteiger partial charge is 0.507 e. The van der Waals surface area contributed by atoms with E-state index in [-0.39, 0.29) is 30.6 Å². The van der Waals surface area contributed by atoms with Crippen LogP contribution in [-0.2, 0) is 9.53 Å². The van der Waals surface area contributed by atoms with Gasteiger partial charge in [-0.1, -0.05) is 0 Å². The maximum atomic E-state index is 12.0. The van der Waals surface area contributed by atoms with Gasteiger partial charge in [-0.3, -0.25) is 9.59 Å². The molecule has 0 heterocycles. The van der Waals surface area contributed by atoms with Crippen molar-refractivity contribution in [3.8, 4) is 5.75 Å². The predicted molar refractivity (Wildman–Crippen MR) is 69.4 cm³/mol. The number of esters is 1. The van der Waals surface area contributed by atoms with Gasteiger partial charge in [-0.05, 0) is 34.1 Å². The van der Waals surface area contributed by atoms with E-state index >= 15 is 0 Å². The predicted octanol–water partition coefficient (Wildman–Crippen LogP) is 1.79. The Balaban J connectivity index is 2.68. The van der Waals surface area contributed by atoms with Gasteiger partial charge in [0.05, 0.1) is 18.0 Å². The summed E-state index contributed by atoms with van der Waals surface area (Å²) in [7, 11) is 2.89. The number of ether oxygens (including phenoxy) is 1. The highest BCUT2D eigenvalue weighted by Crippen LogP contribution is 2.24. The van der Waals surface area contributed by atoms with Crippen molar-refractivity contribution < 1.29 is 19.4 Å². The molecule has 1 aromatic rings. The molecule has 0 aliphatic rings. The highest BCUT2D eigenvalue weighted by atomic mass is 79.9. The van der Waals surface area contributed by atoms with Crippen LogP contribution in [0.4, 0.5) is 0 Å². The number of hydrogen-bond donors (Lipinski definition) is 1. The lowest BCUT2D eigenvalue weighted by molar-refractivity contribution is -0.140. The molecule has 0 saturated carbocycles. The van der Waals surface area contributed by atoms with Crippen molar-refractivity contribution in [2.75, 3.05) is 20.7 Å². The fraction of sp³-hybridized carbons (Fsp3) is 0.333. The summed E-state index contributed by atoms with van der Waals surface area (Å²) < 4.78 is 5.02. The number of amides is 1. The third-order valence-electron chi connectivity index (χ3n) is 2.42. The van der Waals surface area contributed by atoms with E-state index in [1.807, 2.05) is 0 Å². The summed E-state index contributed by atoms with van der Waals surface area (Å²) in [5.41, 5.74) is 0.364. The van der Waals surface area contributed by atoms with E-state index < -0.39 is 0 Å². The number of methoxy groups -OCH3 is 1. The number of hydrogen-bond acceptors (Lipinski definition) is 4. The zero-order valence-corrected chi connectivity index (χ0v) is 11.7. The number of phenolic OH excluding ortho intramolecular Hbond substituents is 1. The lowest BCUT2D eigenvalue weighted by Crippen LogP contribution is -2.29. The van der Waals surface area contributed by atoms with Gasteiger partial charge in [-0.15, -0.1) is 0 Å². The molecule has 0 spiro atoms. The van der Waals surface area contributed by atoms with Gasteiger partial charge in [-0.2, -0.15) is 0 Å². The van der Waals surface area contributed by atoms with Crippen molar-refractivity contribution in [3.05, 3.63) is 28.2 Å². The quantitative estimate of drug-likeness (QED) is 0.860. The number of carbonyl (C=O) groups is 2. The second kappa shape index (κ2) is 6.39. The number of aromatic hydroxyl groups is 1. The summed E-state index contributed by atoms with van der Waals surface area (Å²) >= 11 is 3.14. The Morgan fingerprint density at radius 2 is 2.11 bits per heavy atom. The van der Waals surface area contributed by atoms with E-state index in [4.69, 9.17) is 0 Å². The molecule has 0 aliphatic heterocycles. The Labute approximate surface area is 113 Å². The van der Waals surface area contributed by atoms with E-state index in [1.165, 1.54) is 18.1 Å². The monoisotopic (exact) mass is 315 g/mol. The minimum atomic E-state index is -0.367. The summed E-state index contributed by atoms with van der Waals surface area (Å²) in [5.74, 6) is -0.628. The molecule has 5 nitrogen and oxygen atoms in total. The average molecular weight is 316 g/mol. The molecular formula is C12H14BrNO4. The first-order chi connectivity index (χ1) is 8.45. The summed E-state index contributed by atoms with van der Waals surface area (Å²) in [6.07, 6.45) is 0.140. The van der Waals surface area contributed by atoms with Crippen molar-refractivity contribution in [2.45, 2.75) is 6.42 Å². The Morgan fingerprint density at radius 1 is 1.44 bits per heavy atom. The lowest BCUT2D eigenvalue weighted by atomic mass is 10.2. The maximum Gasteiger partial charge on any atom is 0.307 e. The number of carbonyl (C=O) groups excluding carboxylic acids is 2. The number of rotatable bonds is 4. The van der Waals surface area contributed by atoms with Crippen molar-refractivity contribution in [3.63, 3.8) is 0 Å². The molecule has 0 radical (unpaired) electrons. The Morgan fingerprint density at radius 3 is 2.67 bits per heavy atom. The van der Waals surface area contributed by atoms with Crippen LogP contribution in [0.3, 0.4) is 0 Å². The van der Waals surface area contributed by atoms with Gasteiger partial charge in [0.2, 0.25) is 0 Å². The highest BCUT2D eigenvalue weighted by molar-refractivity contribution is 9.10. The molecule has 98 valence electrons. The fourth-order valence-electron chi connectivity index (χ4n) is 1.33. The van der Waals surface area contributed by atoms with Crippen molar-refractivity contribution in [1.82, 2.24) is 4.90 Å². The summed E-state index contributed by atoms with van der Waals surface area (Å²) in [6, 6.07) is 4.57. The van der Waals surface area contributed by atoms with Crippen LogP contribution in [0, 0.1) is 0 Å². The van der Waals surface area contributed by atoms with Gasteiger partial charge >= 0.3 is 5.97 Å². The number of phenols is 1. The van der Waals surface area contributed by atoms with Crippen LogP contribution in [-0.4, -0.2) is 42.6 Å². The Hall–Kier alpha value is -1.56. The van der Waals surface area contributed by atoms with E-state index in [2.05, 4.69) is 20.7 Å². The number of benzene rings is 1. The molecule has 0 bridgehead atoms. The zero-order valence-electron chi connectivity index (χ0n) is 10.1. The number of halogens is 1. The van der Waals surface area contributed by atoms with Gasteiger partial charge in [-0.25, -0.2) is 0 Å². The molecule has 18 heavy (non-hydrogen) atoms. The van der Waals surface area contributed by atoms with E-state index in [9.17, 15) is 14.7 Å². The van der Waals surface area contributed by atoms with Crippen LogP contribution < -0.4 is 0 Å². The molecule has 0 fully saturated rings. The van der Waals surface area contributed by atoms with Crippen LogP contribution in [0.5, 0.6) is 5.75 Å². The second-order valence-electron chi connectivity index (χ2n) is 3.72. The minimum Gasteiger partial charge on any atom is -0.507 e. The zero-order chi connectivity index (χ0) is 13.7. The van der Waals surface area contributed by atoms with Gasteiger partial charge in [0.1, 0.15) is 5.75 Å². The average Bonchev–Trinajstić information content (AvgIpc) is 2.37. The van der Waals surface area contributed by atoms with Gasteiger partial charge in [0.15, 0.2) is 0 Å². The molecule has 6 heteroatoms. The van der Waals surface area contributed by atoms with Gasteiger partial charge in [0, 0.05) is 19.2 Å². The lowest BCUT2D eigenvalue weighted by Gasteiger charge is -2.16. The van der Waals surface area contributed by atoms with E-state index in [1.54, 1.807) is 19.2 Å². The van der Waals surface area contributed by atoms with Crippen LogP contribution in [0.25, 0.3) is 0 Å². The molecule has 0 saturated heterocycles. The molecule has 0 atom stereocenters. The van der Waals surface area contributed by atoms with Crippen LogP contribution in [0.2, 0.25) is 0 Å². The highest BCUT2D eigenvalue weighted by Gasteiger charge is 2.14.